The number of hydrogen-bond donors (Lipinski definition) is 2. The topological polar surface area (TPSA) is 55.1 Å². The fourth-order valence-corrected chi connectivity index (χ4v) is 1.73. The first-order valence-corrected chi connectivity index (χ1v) is 6.08. The average molecular weight is 234 g/mol. The molecule has 0 bridgehead atoms. The SMILES string of the molecule is CC(C)(Cc1ccccc1)C(=O)NCCCN. The molecule has 1 aromatic carbocycles. The molecule has 1 amide bonds. The molecule has 1 aromatic rings. The predicted molar refractivity (Wildman–Crippen MR) is 70.6 cm³/mol. The Hall–Kier alpha value is -1.35. The molecule has 17 heavy (non-hydrogen) atoms. The van der Waals surface area contributed by atoms with E-state index in [9.17, 15) is 4.79 Å². The lowest BCUT2D eigenvalue weighted by Crippen LogP contribution is -2.39. The zero-order valence-electron chi connectivity index (χ0n) is 10.7. The lowest BCUT2D eigenvalue weighted by molar-refractivity contribution is -0.129. The molecule has 0 atom stereocenters. The first-order valence-electron chi connectivity index (χ1n) is 6.08. The Bertz CT molecular complexity index is 346. The first-order chi connectivity index (χ1) is 8.06. The number of nitrogens with one attached hydrogen (secondary N) is 1. The number of carbonyl (C=O) groups excluding carboxylic acids is 1. The molecule has 94 valence electrons. The van der Waals surface area contributed by atoms with E-state index in [2.05, 4.69) is 17.4 Å². The van der Waals surface area contributed by atoms with Crippen LogP contribution in [0.25, 0.3) is 0 Å². The summed E-state index contributed by atoms with van der Waals surface area (Å²) in [5.74, 6) is 0.0924. The fraction of sp³-hybridized carbons (Fsp3) is 0.500. The Balaban J connectivity index is 2.52. The lowest BCUT2D eigenvalue weighted by Gasteiger charge is -2.23. The van der Waals surface area contributed by atoms with Gasteiger partial charge in [-0.1, -0.05) is 44.2 Å². The van der Waals surface area contributed by atoms with Crippen molar-refractivity contribution in [3.05, 3.63) is 35.9 Å². The van der Waals surface area contributed by atoms with Crippen LogP contribution in [-0.4, -0.2) is 19.0 Å². The maximum absolute atomic E-state index is 12.0. The van der Waals surface area contributed by atoms with Crippen LogP contribution in [0, 0.1) is 5.41 Å². The summed E-state index contributed by atoms with van der Waals surface area (Å²) in [6, 6.07) is 10.1. The summed E-state index contributed by atoms with van der Waals surface area (Å²) < 4.78 is 0. The van der Waals surface area contributed by atoms with Crippen LogP contribution < -0.4 is 11.1 Å². The largest absolute Gasteiger partial charge is 0.356 e. The number of hydrogen-bond acceptors (Lipinski definition) is 2. The van der Waals surface area contributed by atoms with Crippen molar-refractivity contribution in [2.75, 3.05) is 13.1 Å². The van der Waals surface area contributed by atoms with E-state index in [-0.39, 0.29) is 11.3 Å². The summed E-state index contributed by atoms with van der Waals surface area (Å²) in [4.78, 5) is 12.0. The van der Waals surface area contributed by atoms with Gasteiger partial charge in [0.15, 0.2) is 0 Å². The second-order valence-electron chi connectivity index (χ2n) is 4.94. The van der Waals surface area contributed by atoms with E-state index < -0.39 is 0 Å². The Labute approximate surface area is 103 Å². The van der Waals surface area contributed by atoms with Crippen molar-refractivity contribution >= 4 is 5.91 Å². The number of benzene rings is 1. The zero-order valence-corrected chi connectivity index (χ0v) is 10.7. The van der Waals surface area contributed by atoms with Crippen LogP contribution in [0.5, 0.6) is 0 Å². The summed E-state index contributed by atoms with van der Waals surface area (Å²) in [5, 5.41) is 2.93. The van der Waals surface area contributed by atoms with Gasteiger partial charge in [0.05, 0.1) is 0 Å². The molecule has 3 heteroatoms. The van der Waals surface area contributed by atoms with E-state index >= 15 is 0 Å². The molecule has 0 radical (unpaired) electrons. The standard InChI is InChI=1S/C14H22N2O/c1-14(2,13(17)16-10-6-9-15)11-12-7-4-3-5-8-12/h3-5,7-8H,6,9-11,15H2,1-2H3,(H,16,17). The molecule has 0 unspecified atom stereocenters. The van der Waals surface area contributed by atoms with Crippen LogP contribution in [0.1, 0.15) is 25.8 Å². The molecule has 0 heterocycles. The summed E-state index contributed by atoms with van der Waals surface area (Å²) >= 11 is 0. The van der Waals surface area contributed by atoms with Gasteiger partial charge in [0, 0.05) is 12.0 Å². The van der Waals surface area contributed by atoms with Gasteiger partial charge in [-0.05, 0) is 24.9 Å². The van der Waals surface area contributed by atoms with Gasteiger partial charge in [0.1, 0.15) is 0 Å². The number of rotatable bonds is 6. The molecular weight excluding hydrogens is 212 g/mol. The molecular formula is C14H22N2O. The number of amides is 1. The molecule has 0 aliphatic heterocycles. The van der Waals surface area contributed by atoms with Gasteiger partial charge in [0.25, 0.3) is 0 Å². The molecule has 0 fully saturated rings. The maximum Gasteiger partial charge on any atom is 0.225 e. The van der Waals surface area contributed by atoms with Gasteiger partial charge in [-0.15, -0.1) is 0 Å². The third-order valence-electron chi connectivity index (χ3n) is 2.77. The van der Waals surface area contributed by atoms with Crippen molar-refractivity contribution < 1.29 is 4.79 Å². The summed E-state index contributed by atoms with van der Waals surface area (Å²) in [6.45, 7) is 5.21. The maximum atomic E-state index is 12.0. The quantitative estimate of drug-likeness (QED) is 0.736. The third kappa shape index (κ3) is 4.57. The molecule has 0 aromatic heterocycles. The number of nitrogens with two attached hydrogens (primary N) is 1. The highest BCUT2D eigenvalue weighted by atomic mass is 16.2. The van der Waals surface area contributed by atoms with Crippen LogP contribution in [0.3, 0.4) is 0 Å². The minimum absolute atomic E-state index is 0.0924. The van der Waals surface area contributed by atoms with Gasteiger partial charge in [-0.2, -0.15) is 0 Å². The van der Waals surface area contributed by atoms with Crippen LogP contribution in [0.2, 0.25) is 0 Å². The summed E-state index contributed by atoms with van der Waals surface area (Å²) in [7, 11) is 0. The molecule has 0 aliphatic carbocycles. The van der Waals surface area contributed by atoms with Gasteiger partial charge in [-0.25, -0.2) is 0 Å². The second kappa shape index (κ2) is 6.40. The van der Waals surface area contributed by atoms with Crippen molar-refractivity contribution in [3.8, 4) is 0 Å². The third-order valence-corrected chi connectivity index (χ3v) is 2.77. The van der Waals surface area contributed by atoms with Crippen molar-refractivity contribution in [3.63, 3.8) is 0 Å². The summed E-state index contributed by atoms with van der Waals surface area (Å²) in [6.07, 6.45) is 1.58. The van der Waals surface area contributed by atoms with Crippen molar-refractivity contribution in [1.29, 1.82) is 0 Å². The highest BCUT2D eigenvalue weighted by Crippen LogP contribution is 2.21. The van der Waals surface area contributed by atoms with Gasteiger partial charge in [-0.3, -0.25) is 4.79 Å². The minimum atomic E-state index is -0.379. The lowest BCUT2D eigenvalue weighted by atomic mass is 9.85. The normalized spacial score (nSPS) is 11.2. The van der Waals surface area contributed by atoms with E-state index in [1.165, 1.54) is 5.56 Å². The molecule has 1 rings (SSSR count). The Morgan fingerprint density at radius 2 is 1.94 bits per heavy atom. The second-order valence-corrected chi connectivity index (χ2v) is 4.94. The first kappa shape index (κ1) is 13.7. The van der Waals surface area contributed by atoms with E-state index in [1.807, 2.05) is 32.0 Å². The Morgan fingerprint density at radius 3 is 2.53 bits per heavy atom. The molecule has 3 N–H and O–H groups in total. The molecule has 0 saturated carbocycles. The van der Waals surface area contributed by atoms with E-state index in [0.29, 0.717) is 13.1 Å². The van der Waals surface area contributed by atoms with Crippen molar-refractivity contribution in [1.82, 2.24) is 5.32 Å². The smallest absolute Gasteiger partial charge is 0.225 e. The van der Waals surface area contributed by atoms with E-state index in [0.717, 1.165) is 12.8 Å². The van der Waals surface area contributed by atoms with Crippen LogP contribution in [0.15, 0.2) is 30.3 Å². The monoisotopic (exact) mass is 234 g/mol. The van der Waals surface area contributed by atoms with Crippen LogP contribution in [-0.2, 0) is 11.2 Å². The van der Waals surface area contributed by atoms with E-state index in [4.69, 9.17) is 5.73 Å². The molecule has 0 spiro atoms. The Morgan fingerprint density at radius 1 is 1.29 bits per heavy atom. The van der Waals surface area contributed by atoms with Gasteiger partial charge < -0.3 is 11.1 Å². The summed E-state index contributed by atoms with van der Waals surface area (Å²) in [5.41, 5.74) is 6.20. The van der Waals surface area contributed by atoms with Crippen LogP contribution >= 0.6 is 0 Å². The van der Waals surface area contributed by atoms with E-state index in [1.54, 1.807) is 0 Å². The van der Waals surface area contributed by atoms with Crippen molar-refractivity contribution in [2.45, 2.75) is 26.7 Å². The molecule has 3 nitrogen and oxygen atoms in total. The Kier molecular flexibility index (Phi) is 5.16. The zero-order chi connectivity index (χ0) is 12.7. The van der Waals surface area contributed by atoms with Crippen LogP contribution in [0.4, 0.5) is 0 Å². The molecule has 0 saturated heterocycles. The fourth-order valence-electron chi connectivity index (χ4n) is 1.73. The highest BCUT2D eigenvalue weighted by molar-refractivity contribution is 5.82. The number of carbonyl (C=O) groups is 1. The minimum Gasteiger partial charge on any atom is -0.356 e. The molecule has 0 aliphatic rings. The average Bonchev–Trinajstić information content (AvgIpc) is 2.30. The van der Waals surface area contributed by atoms with Crippen molar-refractivity contribution in [2.24, 2.45) is 11.1 Å². The van der Waals surface area contributed by atoms with Gasteiger partial charge >= 0.3 is 0 Å². The predicted octanol–water partition coefficient (Wildman–Crippen LogP) is 1.72. The highest BCUT2D eigenvalue weighted by Gasteiger charge is 2.27. The van der Waals surface area contributed by atoms with Gasteiger partial charge in [0.2, 0.25) is 5.91 Å².